The minimum Gasteiger partial charge on any atom is -0.493 e. The molecule has 1 aromatic rings. The Morgan fingerprint density at radius 3 is 2.88 bits per heavy atom. The second-order valence-corrected chi connectivity index (χ2v) is 4.50. The number of alkyl halides is 1. The highest BCUT2D eigenvalue weighted by atomic mass is 79.9. The Labute approximate surface area is 104 Å². The number of halogens is 2. The average molecular weight is 290 g/mol. The molecule has 0 saturated heterocycles. The molecule has 0 aliphatic rings. The number of ether oxygens (including phenoxy) is 1. The standard InChI is InChI=1S/C12H17BrFNO/c1-9(15-2)11-8-10(13)4-5-12(11)16-7-3-6-14/h4-5,8-9,15H,3,6-7H2,1-2H3. The summed E-state index contributed by atoms with van der Waals surface area (Å²) in [5, 5.41) is 3.16. The van der Waals surface area contributed by atoms with Crippen molar-refractivity contribution in [1.82, 2.24) is 5.32 Å². The van der Waals surface area contributed by atoms with Crippen molar-refractivity contribution in [2.24, 2.45) is 0 Å². The molecule has 0 radical (unpaired) electrons. The second kappa shape index (κ2) is 6.86. The normalized spacial score (nSPS) is 12.5. The van der Waals surface area contributed by atoms with Crippen LogP contribution < -0.4 is 10.1 Å². The highest BCUT2D eigenvalue weighted by Gasteiger charge is 2.10. The van der Waals surface area contributed by atoms with E-state index in [1.807, 2.05) is 25.2 Å². The molecule has 0 amide bonds. The van der Waals surface area contributed by atoms with E-state index < -0.39 is 0 Å². The van der Waals surface area contributed by atoms with Gasteiger partial charge in [-0.05, 0) is 32.2 Å². The number of hydrogen-bond donors (Lipinski definition) is 1. The fourth-order valence-electron chi connectivity index (χ4n) is 1.38. The van der Waals surface area contributed by atoms with E-state index in [-0.39, 0.29) is 12.7 Å². The maximum Gasteiger partial charge on any atom is 0.124 e. The lowest BCUT2D eigenvalue weighted by atomic mass is 10.1. The fraction of sp³-hybridized carbons (Fsp3) is 0.500. The first kappa shape index (κ1) is 13.5. The molecule has 0 aliphatic carbocycles. The first-order chi connectivity index (χ1) is 7.69. The van der Waals surface area contributed by atoms with Gasteiger partial charge >= 0.3 is 0 Å². The molecule has 2 nitrogen and oxygen atoms in total. The maximum atomic E-state index is 12.0. The van der Waals surface area contributed by atoms with Crippen molar-refractivity contribution in [2.45, 2.75) is 19.4 Å². The van der Waals surface area contributed by atoms with Crippen molar-refractivity contribution in [3.8, 4) is 5.75 Å². The molecule has 0 spiro atoms. The van der Waals surface area contributed by atoms with Crippen LogP contribution in [0.2, 0.25) is 0 Å². The van der Waals surface area contributed by atoms with Crippen molar-refractivity contribution in [3.63, 3.8) is 0 Å². The monoisotopic (exact) mass is 289 g/mol. The highest BCUT2D eigenvalue weighted by molar-refractivity contribution is 9.10. The minimum absolute atomic E-state index is 0.206. The molecule has 1 aromatic carbocycles. The van der Waals surface area contributed by atoms with Gasteiger partial charge < -0.3 is 10.1 Å². The number of benzene rings is 1. The topological polar surface area (TPSA) is 21.3 Å². The lowest BCUT2D eigenvalue weighted by molar-refractivity contribution is 0.285. The third kappa shape index (κ3) is 3.76. The zero-order chi connectivity index (χ0) is 12.0. The molecule has 0 saturated carbocycles. The molecule has 1 unspecified atom stereocenters. The molecule has 0 bridgehead atoms. The van der Waals surface area contributed by atoms with Crippen LogP contribution in [0.1, 0.15) is 24.9 Å². The molecule has 16 heavy (non-hydrogen) atoms. The molecule has 1 rings (SSSR count). The van der Waals surface area contributed by atoms with Gasteiger partial charge in [-0.25, -0.2) is 0 Å². The van der Waals surface area contributed by atoms with Gasteiger partial charge in [0, 0.05) is 22.5 Å². The molecule has 1 atom stereocenters. The van der Waals surface area contributed by atoms with E-state index >= 15 is 0 Å². The summed E-state index contributed by atoms with van der Waals surface area (Å²) in [6.07, 6.45) is 0.434. The summed E-state index contributed by atoms with van der Waals surface area (Å²) < 4.78 is 18.6. The second-order valence-electron chi connectivity index (χ2n) is 3.58. The lowest BCUT2D eigenvalue weighted by Crippen LogP contribution is -2.14. The summed E-state index contributed by atoms with van der Waals surface area (Å²) in [4.78, 5) is 0. The summed E-state index contributed by atoms with van der Waals surface area (Å²) in [6, 6.07) is 6.06. The molecule has 0 aliphatic heterocycles. The van der Waals surface area contributed by atoms with Gasteiger partial charge in [0.1, 0.15) is 5.75 Å². The van der Waals surface area contributed by atoms with Gasteiger partial charge in [-0.1, -0.05) is 15.9 Å². The molecular formula is C12H17BrFNO. The molecule has 0 fully saturated rings. The van der Waals surface area contributed by atoms with Gasteiger partial charge in [0.25, 0.3) is 0 Å². The molecule has 0 heterocycles. The summed E-state index contributed by atoms with van der Waals surface area (Å²) in [5.74, 6) is 0.818. The van der Waals surface area contributed by atoms with Crippen molar-refractivity contribution in [2.75, 3.05) is 20.3 Å². The van der Waals surface area contributed by atoms with Crippen LogP contribution in [0, 0.1) is 0 Å². The van der Waals surface area contributed by atoms with Gasteiger partial charge in [-0.15, -0.1) is 0 Å². The summed E-state index contributed by atoms with van der Waals surface area (Å²) in [6.45, 7) is 2.14. The van der Waals surface area contributed by atoms with Gasteiger partial charge in [-0.3, -0.25) is 4.39 Å². The number of nitrogens with one attached hydrogen (secondary N) is 1. The summed E-state index contributed by atoms with van der Waals surface area (Å²) in [5.41, 5.74) is 1.08. The SMILES string of the molecule is CNC(C)c1cc(Br)ccc1OCCCF. The summed E-state index contributed by atoms with van der Waals surface area (Å²) >= 11 is 3.43. The predicted molar refractivity (Wildman–Crippen MR) is 67.7 cm³/mol. The van der Waals surface area contributed by atoms with Crippen molar-refractivity contribution >= 4 is 15.9 Å². The van der Waals surface area contributed by atoms with Crippen LogP contribution in [0.15, 0.2) is 22.7 Å². The van der Waals surface area contributed by atoms with Crippen LogP contribution in [-0.2, 0) is 0 Å². The van der Waals surface area contributed by atoms with E-state index in [1.165, 1.54) is 0 Å². The van der Waals surface area contributed by atoms with E-state index in [4.69, 9.17) is 4.74 Å². The van der Waals surface area contributed by atoms with Gasteiger partial charge in [0.15, 0.2) is 0 Å². The molecular weight excluding hydrogens is 273 g/mol. The Morgan fingerprint density at radius 1 is 1.50 bits per heavy atom. The Morgan fingerprint density at radius 2 is 2.25 bits per heavy atom. The van der Waals surface area contributed by atoms with Gasteiger partial charge in [0.05, 0.1) is 13.3 Å². The Kier molecular flexibility index (Phi) is 5.77. The van der Waals surface area contributed by atoms with Gasteiger partial charge in [0.2, 0.25) is 0 Å². The van der Waals surface area contributed by atoms with Gasteiger partial charge in [-0.2, -0.15) is 0 Å². The van der Waals surface area contributed by atoms with E-state index in [1.54, 1.807) is 0 Å². The number of hydrogen-bond acceptors (Lipinski definition) is 2. The quantitative estimate of drug-likeness (QED) is 0.810. The third-order valence-corrected chi connectivity index (χ3v) is 2.90. The van der Waals surface area contributed by atoms with Crippen LogP contribution in [0.5, 0.6) is 5.75 Å². The molecule has 90 valence electrons. The van der Waals surface area contributed by atoms with Crippen LogP contribution >= 0.6 is 15.9 Å². The van der Waals surface area contributed by atoms with Crippen molar-refractivity contribution in [3.05, 3.63) is 28.2 Å². The number of rotatable bonds is 6. The average Bonchev–Trinajstić information content (AvgIpc) is 2.30. The third-order valence-electron chi connectivity index (χ3n) is 2.41. The lowest BCUT2D eigenvalue weighted by Gasteiger charge is -2.16. The van der Waals surface area contributed by atoms with E-state index in [2.05, 4.69) is 28.2 Å². The Hall–Kier alpha value is -0.610. The zero-order valence-corrected chi connectivity index (χ0v) is 11.2. The highest BCUT2D eigenvalue weighted by Crippen LogP contribution is 2.28. The first-order valence-corrected chi connectivity index (χ1v) is 6.13. The first-order valence-electron chi connectivity index (χ1n) is 5.34. The summed E-state index contributed by atoms with van der Waals surface area (Å²) in [7, 11) is 1.90. The maximum absolute atomic E-state index is 12.0. The van der Waals surface area contributed by atoms with Crippen molar-refractivity contribution in [1.29, 1.82) is 0 Å². The van der Waals surface area contributed by atoms with E-state index in [9.17, 15) is 4.39 Å². The molecule has 1 N–H and O–H groups in total. The Balaban J connectivity index is 2.80. The van der Waals surface area contributed by atoms with Crippen molar-refractivity contribution < 1.29 is 9.13 Å². The van der Waals surface area contributed by atoms with E-state index in [0.29, 0.717) is 13.0 Å². The largest absolute Gasteiger partial charge is 0.493 e. The van der Waals surface area contributed by atoms with Crippen LogP contribution in [0.3, 0.4) is 0 Å². The smallest absolute Gasteiger partial charge is 0.124 e. The minimum atomic E-state index is -0.340. The van der Waals surface area contributed by atoms with E-state index in [0.717, 1.165) is 15.8 Å². The fourth-order valence-corrected chi connectivity index (χ4v) is 1.76. The van der Waals surface area contributed by atoms with Crippen LogP contribution in [-0.4, -0.2) is 20.3 Å². The Bertz CT molecular complexity index is 333. The molecule has 4 heteroatoms. The zero-order valence-electron chi connectivity index (χ0n) is 9.59. The van der Waals surface area contributed by atoms with Crippen LogP contribution in [0.25, 0.3) is 0 Å². The van der Waals surface area contributed by atoms with Crippen LogP contribution in [0.4, 0.5) is 4.39 Å². The predicted octanol–water partition coefficient (Wildman–Crippen LogP) is 3.47. The molecule has 0 aromatic heterocycles.